The lowest BCUT2D eigenvalue weighted by atomic mass is 10.3. The Bertz CT molecular complexity index is 726. The molecule has 1 aromatic carbocycles. The van der Waals surface area contributed by atoms with Crippen molar-refractivity contribution in [1.29, 1.82) is 5.41 Å². The predicted octanol–water partition coefficient (Wildman–Crippen LogP) is 2.53. The highest BCUT2D eigenvalue weighted by atomic mass is 35.5. The van der Waals surface area contributed by atoms with Crippen LogP contribution in [-0.4, -0.2) is 23.8 Å². The van der Waals surface area contributed by atoms with E-state index in [-0.39, 0.29) is 0 Å². The average Bonchev–Trinajstić information content (AvgIpc) is 2.38. The smallest absolute Gasteiger partial charge is 0.261 e. The summed E-state index contributed by atoms with van der Waals surface area (Å²) in [5.74, 6) is 0. The van der Waals surface area contributed by atoms with Crippen LogP contribution in [0.15, 0.2) is 12.1 Å². The van der Waals surface area contributed by atoms with E-state index in [0.717, 1.165) is 10.2 Å². The molecule has 0 saturated heterocycles. The Morgan fingerprint density at radius 2 is 1.89 bits per heavy atom. The average molecular weight is 329 g/mol. The van der Waals surface area contributed by atoms with E-state index in [0.29, 0.717) is 21.1 Å². The van der Waals surface area contributed by atoms with Crippen molar-refractivity contribution >= 4 is 54.9 Å². The van der Waals surface area contributed by atoms with E-state index in [1.54, 1.807) is 10.6 Å². The molecule has 0 bridgehead atoms. The van der Waals surface area contributed by atoms with Crippen molar-refractivity contribution in [1.82, 2.24) is 4.57 Å². The lowest BCUT2D eigenvalue weighted by Crippen LogP contribution is -2.06. The number of nitrogens with zero attached hydrogens (tertiary/aromatic N) is 1. The van der Waals surface area contributed by atoms with E-state index in [2.05, 4.69) is 0 Å². The van der Waals surface area contributed by atoms with E-state index in [1.807, 2.05) is 13.1 Å². The van der Waals surface area contributed by atoms with Gasteiger partial charge < -0.3 is 4.57 Å². The van der Waals surface area contributed by atoms with Crippen molar-refractivity contribution < 1.29 is 13.0 Å². The number of halogens is 2. The van der Waals surface area contributed by atoms with Crippen LogP contribution < -0.4 is 4.80 Å². The number of aromatic nitrogens is 1. The zero-order valence-electron chi connectivity index (χ0n) is 9.44. The normalized spacial score (nSPS) is 11.2. The molecule has 0 aliphatic carbocycles. The highest BCUT2D eigenvalue weighted by molar-refractivity contribution is 7.85. The number of thiazole rings is 1. The van der Waals surface area contributed by atoms with Gasteiger partial charge in [0, 0.05) is 12.1 Å². The van der Waals surface area contributed by atoms with Gasteiger partial charge in [-0.05, 0) is 12.1 Å². The lowest BCUT2D eigenvalue weighted by molar-refractivity contribution is 0.490. The van der Waals surface area contributed by atoms with Crippen LogP contribution >= 0.6 is 34.5 Å². The maximum absolute atomic E-state index is 9.19. The van der Waals surface area contributed by atoms with Crippen molar-refractivity contribution in [3.63, 3.8) is 0 Å². The minimum absolute atomic E-state index is 0.471. The number of hydrogen-bond donors (Lipinski definition) is 2. The quantitative estimate of drug-likeness (QED) is 0.729. The zero-order valence-corrected chi connectivity index (χ0v) is 12.6. The van der Waals surface area contributed by atoms with Crippen LogP contribution in [0.25, 0.3) is 10.2 Å². The highest BCUT2D eigenvalue weighted by Gasteiger charge is 2.07. The number of fused-ring (bicyclic) bond motifs is 1. The Morgan fingerprint density at radius 1 is 1.39 bits per heavy atom. The van der Waals surface area contributed by atoms with Crippen LogP contribution in [0.4, 0.5) is 0 Å². The number of hydrogen-bond acceptors (Lipinski definition) is 4. The Balaban J connectivity index is 0.000000280. The summed E-state index contributed by atoms with van der Waals surface area (Å²) >= 11 is 13.2. The van der Waals surface area contributed by atoms with Gasteiger partial charge in [-0.3, -0.25) is 9.96 Å². The summed E-state index contributed by atoms with van der Waals surface area (Å²) < 4.78 is 28.6. The maximum atomic E-state index is 9.19. The Kier molecular flexibility index (Phi) is 4.79. The molecule has 100 valence electrons. The standard InChI is InChI=1S/C8H6Cl2N2S.CH4O3S/c1-12-7-5(10)2-4(9)3-6(7)13-8(12)11;1-5(2,3)4/h2-3,11H,1H3;1H3,(H,2,3,4). The third-order valence-electron chi connectivity index (χ3n) is 1.84. The van der Waals surface area contributed by atoms with Crippen LogP contribution in [0.2, 0.25) is 10.0 Å². The second-order valence-electron chi connectivity index (χ2n) is 3.43. The number of benzene rings is 1. The molecule has 1 aromatic heterocycles. The van der Waals surface area contributed by atoms with Gasteiger partial charge >= 0.3 is 0 Å². The van der Waals surface area contributed by atoms with Gasteiger partial charge in [0.25, 0.3) is 10.1 Å². The third-order valence-corrected chi connectivity index (χ3v) is 3.34. The summed E-state index contributed by atoms with van der Waals surface area (Å²) in [5, 5.41) is 8.80. The van der Waals surface area contributed by atoms with Crippen molar-refractivity contribution in [2.45, 2.75) is 0 Å². The van der Waals surface area contributed by atoms with Crippen LogP contribution in [0.1, 0.15) is 0 Å². The molecular formula is C9H10Cl2N2O3S2. The molecular weight excluding hydrogens is 319 g/mol. The fourth-order valence-corrected chi connectivity index (χ4v) is 2.93. The SMILES string of the molecule is CS(=O)(=O)O.Cn1c(=N)sc2cc(Cl)cc(Cl)c21. The van der Waals surface area contributed by atoms with Gasteiger partial charge in [0.05, 0.1) is 21.5 Å². The van der Waals surface area contributed by atoms with Crippen molar-refractivity contribution in [2.24, 2.45) is 7.05 Å². The van der Waals surface area contributed by atoms with Crippen molar-refractivity contribution in [3.8, 4) is 0 Å². The molecule has 0 spiro atoms. The second-order valence-corrected chi connectivity index (χ2v) is 6.77. The first kappa shape index (κ1) is 15.5. The molecule has 2 aromatic rings. The molecule has 0 aliphatic rings. The molecule has 0 atom stereocenters. The van der Waals surface area contributed by atoms with E-state index in [9.17, 15) is 8.42 Å². The number of rotatable bonds is 0. The van der Waals surface area contributed by atoms with Crippen LogP contribution in [0, 0.1) is 5.41 Å². The molecule has 2 N–H and O–H groups in total. The summed E-state index contributed by atoms with van der Waals surface area (Å²) in [4.78, 5) is 0.471. The highest BCUT2D eigenvalue weighted by Crippen LogP contribution is 2.28. The van der Waals surface area contributed by atoms with Gasteiger partial charge in [-0.25, -0.2) is 0 Å². The fourth-order valence-electron chi connectivity index (χ4n) is 1.22. The molecule has 1 heterocycles. The second kappa shape index (κ2) is 5.58. The molecule has 0 unspecified atom stereocenters. The Hall–Kier alpha value is -0.600. The summed E-state index contributed by atoms with van der Waals surface area (Å²) in [6, 6.07) is 3.52. The zero-order chi connectivity index (χ0) is 14.1. The van der Waals surface area contributed by atoms with Crippen LogP contribution in [0.5, 0.6) is 0 Å². The third kappa shape index (κ3) is 4.25. The van der Waals surface area contributed by atoms with Gasteiger partial charge in [-0.2, -0.15) is 8.42 Å². The van der Waals surface area contributed by atoms with Crippen LogP contribution in [0.3, 0.4) is 0 Å². The largest absolute Gasteiger partial charge is 0.319 e. The lowest BCUT2D eigenvalue weighted by Gasteiger charge is -1.98. The predicted molar refractivity (Wildman–Crippen MR) is 74.1 cm³/mol. The number of nitrogens with one attached hydrogen (secondary N) is 1. The van der Waals surface area contributed by atoms with Gasteiger partial charge in [0.1, 0.15) is 0 Å². The molecule has 18 heavy (non-hydrogen) atoms. The van der Waals surface area contributed by atoms with Gasteiger partial charge in [-0.15, -0.1) is 0 Å². The van der Waals surface area contributed by atoms with E-state index in [4.69, 9.17) is 33.2 Å². The molecule has 0 aliphatic heterocycles. The van der Waals surface area contributed by atoms with Crippen LogP contribution in [-0.2, 0) is 17.2 Å². The summed E-state index contributed by atoms with van der Waals surface area (Å²) in [5.41, 5.74) is 0.876. The molecule has 2 rings (SSSR count). The van der Waals surface area contributed by atoms with Gasteiger partial charge in [0.15, 0.2) is 4.80 Å². The van der Waals surface area contributed by atoms with Crippen molar-refractivity contribution in [2.75, 3.05) is 6.26 Å². The van der Waals surface area contributed by atoms with E-state index in [1.165, 1.54) is 11.3 Å². The fraction of sp³-hybridized carbons (Fsp3) is 0.222. The van der Waals surface area contributed by atoms with E-state index < -0.39 is 10.1 Å². The Morgan fingerprint density at radius 3 is 2.39 bits per heavy atom. The summed E-state index contributed by atoms with van der Waals surface area (Å²) in [6.07, 6.45) is 0.715. The first-order chi connectivity index (χ1) is 8.09. The summed E-state index contributed by atoms with van der Waals surface area (Å²) in [7, 11) is -1.85. The van der Waals surface area contributed by atoms with Crippen molar-refractivity contribution in [3.05, 3.63) is 27.0 Å². The molecule has 9 heteroatoms. The summed E-state index contributed by atoms with van der Waals surface area (Å²) in [6.45, 7) is 0. The van der Waals surface area contributed by atoms with Gasteiger partial charge in [-0.1, -0.05) is 34.5 Å². The molecule has 0 saturated carbocycles. The first-order valence-electron chi connectivity index (χ1n) is 4.51. The molecule has 5 nitrogen and oxygen atoms in total. The topological polar surface area (TPSA) is 83.2 Å². The maximum Gasteiger partial charge on any atom is 0.261 e. The minimum Gasteiger partial charge on any atom is -0.319 e. The van der Waals surface area contributed by atoms with E-state index >= 15 is 0 Å². The minimum atomic E-state index is -3.67. The number of aryl methyl sites for hydroxylation is 1. The molecule has 0 amide bonds. The van der Waals surface area contributed by atoms with Gasteiger partial charge in [0.2, 0.25) is 0 Å². The monoisotopic (exact) mass is 328 g/mol. The first-order valence-corrected chi connectivity index (χ1v) is 7.93. The Labute approximate surface area is 118 Å². The molecule has 0 fully saturated rings. The molecule has 0 radical (unpaired) electrons.